The molecule has 0 aromatic heterocycles. The first kappa shape index (κ1) is 13.3. The average Bonchev–Trinajstić information content (AvgIpc) is 3.07. The summed E-state index contributed by atoms with van der Waals surface area (Å²) in [6, 6.07) is -0.346. The van der Waals surface area contributed by atoms with E-state index >= 15 is 0 Å². The van der Waals surface area contributed by atoms with E-state index in [-0.39, 0.29) is 23.9 Å². The Morgan fingerprint density at radius 2 is 2.12 bits per heavy atom. The Bertz CT molecular complexity index is 352. The van der Waals surface area contributed by atoms with Crippen molar-refractivity contribution in [3.8, 4) is 0 Å². The van der Waals surface area contributed by atoms with Gasteiger partial charge in [0.15, 0.2) is 0 Å². The van der Waals surface area contributed by atoms with Crippen molar-refractivity contribution in [1.82, 2.24) is 4.72 Å². The molecule has 0 aromatic carbocycles. The molecule has 2 fully saturated rings. The van der Waals surface area contributed by atoms with Crippen molar-refractivity contribution in [3.63, 3.8) is 0 Å². The molecule has 2 aliphatic carbocycles. The molecule has 17 heavy (non-hydrogen) atoms. The lowest BCUT2D eigenvalue weighted by Gasteiger charge is -2.42. The van der Waals surface area contributed by atoms with Gasteiger partial charge >= 0.3 is 0 Å². The van der Waals surface area contributed by atoms with Crippen LogP contribution in [0.1, 0.15) is 32.6 Å². The van der Waals surface area contributed by atoms with Crippen LogP contribution in [0.2, 0.25) is 0 Å². The van der Waals surface area contributed by atoms with Crippen LogP contribution in [0.3, 0.4) is 0 Å². The minimum absolute atomic E-state index is 0.0503. The molecular weight excluding hydrogens is 240 g/mol. The molecule has 0 heterocycles. The van der Waals surface area contributed by atoms with E-state index in [0.717, 1.165) is 12.8 Å². The highest BCUT2D eigenvalue weighted by Gasteiger charge is 2.41. The first-order valence-electron chi connectivity index (χ1n) is 6.39. The van der Waals surface area contributed by atoms with Crippen LogP contribution in [0.25, 0.3) is 0 Å². The first-order valence-corrected chi connectivity index (χ1v) is 8.04. The lowest BCUT2D eigenvalue weighted by atomic mass is 9.84. The van der Waals surface area contributed by atoms with Gasteiger partial charge in [-0.15, -0.1) is 0 Å². The van der Waals surface area contributed by atoms with Gasteiger partial charge in [0.1, 0.15) is 0 Å². The zero-order chi connectivity index (χ0) is 12.5. The number of nitrogens with one attached hydrogen (secondary N) is 1. The van der Waals surface area contributed by atoms with Crippen LogP contribution in [0.5, 0.6) is 0 Å². The third-order valence-electron chi connectivity index (χ3n) is 3.55. The summed E-state index contributed by atoms with van der Waals surface area (Å²) in [5, 5.41) is 0. The van der Waals surface area contributed by atoms with Gasteiger partial charge in [-0.1, -0.05) is 12.8 Å². The van der Waals surface area contributed by atoms with Gasteiger partial charge in [0.05, 0.1) is 17.9 Å². The lowest BCUT2D eigenvalue weighted by Crippen LogP contribution is -2.64. The molecule has 6 heteroatoms. The Balaban J connectivity index is 1.80. The third kappa shape index (κ3) is 3.64. The average molecular weight is 262 g/mol. The Hall–Kier alpha value is -0.170. The van der Waals surface area contributed by atoms with Crippen LogP contribution < -0.4 is 10.5 Å². The zero-order valence-electron chi connectivity index (χ0n) is 10.3. The maximum Gasteiger partial charge on any atom is 0.212 e. The van der Waals surface area contributed by atoms with Gasteiger partial charge in [-0.05, 0) is 25.7 Å². The van der Waals surface area contributed by atoms with E-state index in [0.29, 0.717) is 12.5 Å². The number of hydrogen-bond acceptors (Lipinski definition) is 4. The molecule has 0 aromatic rings. The quantitative estimate of drug-likeness (QED) is 0.687. The van der Waals surface area contributed by atoms with E-state index < -0.39 is 10.0 Å². The second-order valence-corrected chi connectivity index (χ2v) is 6.96. The third-order valence-corrected chi connectivity index (χ3v) is 4.96. The molecule has 2 saturated carbocycles. The highest BCUT2D eigenvalue weighted by atomic mass is 32.2. The number of nitrogens with two attached hydrogens (primary N) is 1. The fraction of sp³-hybridized carbons (Fsp3) is 1.00. The summed E-state index contributed by atoms with van der Waals surface area (Å²) in [5.41, 5.74) is 5.81. The summed E-state index contributed by atoms with van der Waals surface area (Å²) in [4.78, 5) is 0. The van der Waals surface area contributed by atoms with Gasteiger partial charge < -0.3 is 10.5 Å². The molecule has 0 spiro atoms. The minimum Gasteiger partial charge on any atom is -0.377 e. The number of sulfonamides is 1. The number of hydrogen-bond donors (Lipinski definition) is 2. The van der Waals surface area contributed by atoms with Crippen LogP contribution in [0.15, 0.2) is 0 Å². The molecule has 0 saturated heterocycles. The van der Waals surface area contributed by atoms with Crippen LogP contribution >= 0.6 is 0 Å². The second kappa shape index (κ2) is 5.22. The van der Waals surface area contributed by atoms with Crippen LogP contribution in [-0.2, 0) is 14.8 Å². The molecule has 0 amide bonds. The lowest BCUT2D eigenvalue weighted by molar-refractivity contribution is -0.0248. The van der Waals surface area contributed by atoms with E-state index in [1.54, 1.807) is 0 Å². The second-order valence-electron chi connectivity index (χ2n) is 5.09. The molecule has 3 unspecified atom stereocenters. The molecular formula is C11H22N2O3S. The molecule has 5 nitrogen and oxygen atoms in total. The molecule has 3 atom stereocenters. The van der Waals surface area contributed by atoms with Gasteiger partial charge in [-0.2, -0.15) is 0 Å². The van der Waals surface area contributed by atoms with E-state index in [1.807, 2.05) is 6.92 Å². The fourth-order valence-corrected chi connectivity index (χ4v) is 3.69. The van der Waals surface area contributed by atoms with Crippen molar-refractivity contribution in [2.45, 2.75) is 50.8 Å². The number of ether oxygens (including phenoxy) is 1. The monoisotopic (exact) mass is 262 g/mol. The largest absolute Gasteiger partial charge is 0.377 e. The van der Waals surface area contributed by atoms with Crippen molar-refractivity contribution < 1.29 is 13.2 Å². The number of rotatable bonds is 7. The molecule has 100 valence electrons. The van der Waals surface area contributed by atoms with Crippen molar-refractivity contribution in [1.29, 1.82) is 0 Å². The Morgan fingerprint density at radius 1 is 1.41 bits per heavy atom. The van der Waals surface area contributed by atoms with E-state index in [4.69, 9.17) is 10.5 Å². The molecule has 2 aliphatic rings. The predicted molar refractivity (Wildman–Crippen MR) is 66.1 cm³/mol. The topological polar surface area (TPSA) is 81.4 Å². The highest BCUT2D eigenvalue weighted by Crippen LogP contribution is 2.32. The summed E-state index contributed by atoms with van der Waals surface area (Å²) in [6.07, 6.45) is 3.83. The van der Waals surface area contributed by atoms with Crippen molar-refractivity contribution in [2.24, 2.45) is 11.7 Å². The van der Waals surface area contributed by atoms with Gasteiger partial charge in [0, 0.05) is 12.6 Å². The summed E-state index contributed by atoms with van der Waals surface area (Å²) in [7, 11) is -3.19. The van der Waals surface area contributed by atoms with Crippen molar-refractivity contribution in [3.05, 3.63) is 0 Å². The van der Waals surface area contributed by atoms with E-state index in [2.05, 4.69) is 4.72 Å². The molecule has 0 bridgehead atoms. The first-order chi connectivity index (χ1) is 8.02. The summed E-state index contributed by atoms with van der Waals surface area (Å²) >= 11 is 0. The fourth-order valence-electron chi connectivity index (χ4n) is 2.19. The summed E-state index contributed by atoms with van der Waals surface area (Å²) in [5.74, 6) is 0.851. The van der Waals surface area contributed by atoms with Gasteiger partial charge in [-0.3, -0.25) is 0 Å². The Labute approximate surface area is 103 Å². The minimum atomic E-state index is -3.19. The van der Waals surface area contributed by atoms with Gasteiger partial charge in [0.2, 0.25) is 10.0 Å². The van der Waals surface area contributed by atoms with Crippen molar-refractivity contribution in [2.75, 3.05) is 12.4 Å². The van der Waals surface area contributed by atoms with Crippen molar-refractivity contribution >= 4 is 10.0 Å². The van der Waals surface area contributed by atoms with E-state index in [9.17, 15) is 8.42 Å². The predicted octanol–water partition coefficient (Wildman–Crippen LogP) is 0.211. The van der Waals surface area contributed by atoms with Crippen LogP contribution in [0.4, 0.5) is 0 Å². The normalized spacial score (nSPS) is 33.4. The Morgan fingerprint density at radius 3 is 2.65 bits per heavy atom. The summed E-state index contributed by atoms with van der Waals surface area (Å²) in [6.45, 7) is 2.50. The van der Waals surface area contributed by atoms with E-state index in [1.165, 1.54) is 12.8 Å². The molecule has 3 N–H and O–H groups in total. The molecule has 0 aliphatic heterocycles. The van der Waals surface area contributed by atoms with Crippen LogP contribution in [0, 0.1) is 5.92 Å². The molecule has 2 rings (SSSR count). The van der Waals surface area contributed by atoms with Gasteiger partial charge in [0.25, 0.3) is 0 Å². The summed E-state index contributed by atoms with van der Waals surface area (Å²) < 4.78 is 31.8. The molecule has 0 radical (unpaired) electrons. The standard InChI is InChI=1S/C11H22N2O3S/c1-2-16-10-7-9(12)11(10)13-17(14,15)6-5-8-3-4-8/h8-11,13H,2-7,12H2,1H3. The maximum absolute atomic E-state index is 11.8. The highest BCUT2D eigenvalue weighted by molar-refractivity contribution is 7.89. The SMILES string of the molecule is CCOC1CC(N)C1NS(=O)(=O)CCC1CC1. The smallest absolute Gasteiger partial charge is 0.212 e. The zero-order valence-corrected chi connectivity index (χ0v) is 11.1. The maximum atomic E-state index is 11.8. The Kier molecular flexibility index (Phi) is 4.07. The van der Waals surface area contributed by atoms with Gasteiger partial charge in [-0.25, -0.2) is 13.1 Å². The van der Waals surface area contributed by atoms with Crippen LogP contribution in [-0.4, -0.2) is 39.0 Å².